The van der Waals surface area contributed by atoms with Crippen LogP contribution in [0.3, 0.4) is 0 Å². The number of ether oxygens (including phenoxy) is 1. The number of rotatable bonds is 5. The highest BCUT2D eigenvalue weighted by molar-refractivity contribution is 5.63. The summed E-state index contributed by atoms with van der Waals surface area (Å²) < 4.78 is 5.48. The highest BCUT2D eigenvalue weighted by atomic mass is 16.5. The number of nitrogens with one attached hydrogen (secondary N) is 1. The van der Waals surface area contributed by atoms with Crippen LogP contribution < -0.4 is 10.5 Å². The van der Waals surface area contributed by atoms with Crippen LogP contribution in [-0.4, -0.2) is 26.3 Å². The fraction of sp³-hybridized carbons (Fsp3) is 0.278. The quantitative estimate of drug-likeness (QED) is 0.751. The molecule has 0 spiro atoms. The first-order valence-corrected chi connectivity index (χ1v) is 7.92. The molecular formula is C18H21N5O. The Hall–Kier alpha value is -2.89. The van der Waals surface area contributed by atoms with E-state index in [1.807, 2.05) is 32.0 Å². The normalized spacial score (nSPS) is 12.3. The van der Waals surface area contributed by atoms with Gasteiger partial charge in [0.15, 0.2) is 0 Å². The van der Waals surface area contributed by atoms with Crippen molar-refractivity contribution in [3.63, 3.8) is 0 Å². The first-order chi connectivity index (χ1) is 11.5. The summed E-state index contributed by atoms with van der Waals surface area (Å²) in [6.45, 7) is 6.01. The molecule has 24 heavy (non-hydrogen) atoms. The highest BCUT2D eigenvalue weighted by Gasteiger charge is 2.12. The fourth-order valence-corrected chi connectivity index (χ4v) is 2.48. The summed E-state index contributed by atoms with van der Waals surface area (Å²) in [5, 5.41) is 6.97. The molecule has 6 nitrogen and oxygen atoms in total. The number of aromatic amines is 1. The van der Waals surface area contributed by atoms with Gasteiger partial charge in [-0.25, -0.2) is 9.97 Å². The Kier molecular flexibility index (Phi) is 4.46. The number of hydrogen-bond acceptors (Lipinski definition) is 5. The van der Waals surface area contributed by atoms with Crippen LogP contribution in [-0.2, 0) is 0 Å². The molecule has 1 atom stereocenters. The zero-order valence-electron chi connectivity index (χ0n) is 14.0. The molecule has 2 aromatic heterocycles. The molecule has 3 N–H and O–H groups in total. The van der Waals surface area contributed by atoms with Gasteiger partial charge < -0.3 is 10.5 Å². The molecule has 3 rings (SSSR count). The van der Waals surface area contributed by atoms with E-state index in [0.29, 0.717) is 11.8 Å². The van der Waals surface area contributed by atoms with Gasteiger partial charge in [-0.3, -0.25) is 5.10 Å². The number of H-pyrrole nitrogens is 1. The Balaban J connectivity index is 1.85. The van der Waals surface area contributed by atoms with E-state index in [0.717, 1.165) is 16.8 Å². The largest absolute Gasteiger partial charge is 0.461 e. The number of nitrogens with zero attached hydrogens (tertiary/aromatic N) is 3. The summed E-state index contributed by atoms with van der Waals surface area (Å²) in [6.07, 6.45) is 3.62. The number of anilines is 1. The molecular weight excluding hydrogens is 302 g/mol. The third-order valence-corrected chi connectivity index (χ3v) is 3.77. The van der Waals surface area contributed by atoms with Gasteiger partial charge in [0.2, 0.25) is 0 Å². The Labute approximate surface area is 141 Å². The lowest BCUT2D eigenvalue weighted by atomic mass is 9.95. The lowest BCUT2D eigenvalue weighted by Crippen LogP contribution is -2.08. The van der Waals surface area contributed by atoms with Gasteiger partial charge >= 0.3 is 6.01 Å². The van der Waals surface area contributed by atoms with Crippen LogP contribution in [0.25, 0.3) is 11.1 Å². The van der Waals surface area contributed by atoms with Crippen LogP contribution >= 0.6 is 0 Å². The standard InChI is InChI=1S/C18H21N5O/c1-11(2)24-18-20-9-15(10-21-18)14-6-4-5-13(7-14)12(3)16-8-17(19)23-22-16/h4-12H,1-3H3,(H3,19,22,23). The first kappa shape index (κ1) is 16.0. The topological polar surface area (TPSA) is 89.7 Å². The molecule has 0 bridgehead atoms. The van der Waals surface area contributed by atoms with E-state index in [1.165, 1.54) is 5.56 Å². The lowest BCUT2D eigenvalue weighted by molar-refractivity contribution is 0.222. The molecule has 1 unspecified atom stereocenters. The van der Waals surface area contributed by atoms with Crippen molar-refractivity contribution in [3.05, 3.63) is 54.0 Å². The molecule has 0 aliphatic heterocycles. The minimum Gasteiger partial charge on any atom is -0.461 e. The van der Waals surface area contributed by atoms with Gasteiger partial charge in [-0.15, -0.1) is 0 Å². The molecule has 0 fully saturated rings. The van der Waals surface area contributed by atoms with E-state index in [2.05, 4.69) is 39.2 Å². The SMILES string of the molecule is CC(C)Oc1ncc(-c2cccc(C(C)c3cc(N)n[nH]3)c2)cn1. The zero-order chi connectivity index (χ0) is 17.1. The highest BCUT2D eigenvalue weighted by Crippen LogP contribution is 2.27. The van der Waals surface area contributed by atoms with E-state index >= 15 is 0 Å². The predicted octanol–water partition coefficient (Wildman–Crippen LogP) is 3.39. The summed E-state index contributed by atoms with van der Waals surface area (Å²) >= 11 is 0. The second-order valence-electron chi connectivity index (χ2n) is 6.02. The number of aromatic nitrogens is 4. The van der Waals surface area contributed by atoms with Gasteiger partial charge in [-0.2, -0.15) is 5.10 Å². The molecule has 0 radical (unpaired) electrons. The average Bonchev–Trinajstić information content (AvgIpc) is 3.01. The van der Waals surface area contributed by atoms with Crippen molar-refractivity contribution in [1.82, 2.24) is 20.2 Å². The number of nitrogens with two attached hydrogens (primary N) is 1. The molecule has 0 aliphatic carbocycles. The maximum atomic E-state index is 5.69. The molecule has 0 saturated heterocycles. The van der Waals surface area contributed by atoms with E-state index in [9.17, 15) is 0 Å². The molecule has 0 amide bonds. The average molecular weight is 323 g/mol. The lowest BCUT2D eigenvalue weighted by Gasteiger charge is -2.12. The van der Waals surface area contributed by atoms with Crippen molar-refractivity contribution < 1.29 is 4.74 Å². The second kappa shape index (κ2) is 6.70. The van der Waals surface area contributed by atoms with E-state index in [4.69, 9.17) is 10.5 Å². The van der Waals surface area contributed by atoms with Crippen molar-refractivity contribution in [2.45, 2.75) is 32.8 Å². The molecule has 0 saturated carbocycles. The molecule has 6 heteroatoms. The maximum Gasteiger partial charge on any atom is 0.316 e. The molecule has 2 heterocycles. The summed E-state index contributed by atoms with van der Waals surface area (Å²) in [5.74, 6) is 0.668. The van der Waals surface area contributed by atoms with Crippen molar-refractivity contribution in [1.29, 1.82) is 0 Å². The summed E-state index contributed by atoms with van der Waals surface area (Å²) in [5.41, 5.74) is 9.85. The minimum absolute atomic E-state index is 0.0573. The van der Waals surface area contributed by atoms with Gasteiger partial charge in [-0.05, 0) is 25.0 Å². The summed E-state index contributed by atoms with van der Waals surface area (Å²) in [6, 6.07) is 10.5. The van der Waals surface area contributed by atoms with Crippen LogP contribution in [0.5, 0.6) is 6.01 Å². The molecule has 0 aliphatic rings. The number of benzene rings is 1. The van der Waals surface area contributed by atoms with Crippen LogP contribution in [0, 0.1) is 0 Å². The van der Waals surface area contributed by atoms with E-state index < -0.39 is 0 Å². The van der Waals surface area contributed by atoms with Crippen LogP contribution in [0.4, 0.5) is 5.82 Å². The van der Waals surface area contributed by atoms with Gasteiger partial charge in [0.25, 0.3) is 0 Å². The Morgan fingerprint density at radius 1 is 1.04 bits per heavy atom. The Morgan fingerprint density at radius 3 is 2.42 bits per heavy atom. The number of hydrogen-bond donors (Lipinski definition) is 2. The summed E-state index contributed by atoms with van der Waals surface area (Å²) in [7, 11) is 0. The van der Waals surface area contributed by atoms with E-state index in [1.54, 1.807) is 12.4 Å². The Morgan fingerprint density at radius 2 is 1.79 bits per heavy atom. The van der Waals surface area contributed by atoms with Crippen LogP contribution in [0.15, 0.2) is 42.7 Å². The Bertz CT molecular complexity index is 810. The maximum absolute atomic E-state index is 5.69. The third kappa shape index (κ3) is 3.53. The van der Waals surface area contributed by atoms with Crippen LogP contribution in [0.1, 0.15) is 37.9 Å². The van der Waals surface area contributed by atoms with Crippen molar-refractivity contribution >= 4 is 5.82 Å². The third-order valence-electron chi connectivity index (χ3n) is 3.77. The monoisotopic (exact) mass is 323 g/mol. The van der Waals surface area contributed by atoms with Gasteiger partial charge in [0.05, 0.1) is 6.10 Å². The minimum atomic E-state index is 0.0573. The van der Waals surface area contributed by atoms with Crippen molar-refractivity contribution in [3.8, 4) is 17.1 Å². The fourth-order valence-electron chi connectivity index (χ4n) is 2.48. The smallest absolute Gasteiger partial charge is 0.316 e. The van der Waals surface area contributed by atoms with Crippen LogP contribution in [0.2, 0.25) is 0 Å². The van der Waals surface area contributed by atoms with Gasteiger partial charge in [0, 0.05) is 35.6 Å². The molecule has 3 aromatic rings. The van der Waals surface area contributed by atoms with Gasteiger partial charge in [0.1, 0.15) is 5.82 Å². The van der Waals surface area contributed by atoms with Gasteiger partial charge in [-0.1, -0.05) is 31.2 Å². The number of nitrogen functional groups attached to an aromatic ring is 1. The molecule has 124 valence electrons. The van der Waals surface area contributed by atoms with Crippen molar-refractivity contribution in [2.24, 2.45) is 0 Å². The summed E-state index contributed by atoms with van der Waals surface area (Å²) in [4.78, 5) is 8.53. The van der Waals surface area contributed by atoms with Crippen molar-refractivity contribution in [2.75, 3.05) is 5.73 Å². The zero-order valence-corrected chi connectivity index (χ0v) is 14.0. The molecule has 1 aromatic carbocycles. The predicted molar refractivity (Wildman–Crippen MR) is 93.7 cm³/mol. The second-order valence-corrected chi connectivity index (χ2v) is 6.02. The first-order valence-electron chi connectivity index (χ1n) is 7.92. The van der Waals surface area contributed by atoms with E-state index in [-0.39, 0.29) is 12.0 Å².